The number of hydrogen-bond acceptors (Lipinski definition) is 2. The lowest BCUT2D eigenvalue weighted by Gasteiger charge is -2.03. The highest BCUT2D eigenvalue weighted by Crippen LogP contribution is 2.09. The van der Waals surface area contributed by atoms with Crippen molar-refractivity contribution in [3.8, 4) is 5.69 Å². The number of carbonyl (C=O) groups excluding carboxylic acids is 1. The van der Waals surface area contributed by atoms with E-state index in [0.29, 0.717) is 6.42 Å². The van der Waals surface area contributed by atoms with E-state index in [1.807, 2.05) is 24.3 Å². The van der Waals surface area contributed by atoms with Crippen molar-refractivity contribution in [2.24, 2.45) is 0 Å². The third-order valence-corrected chi connectivity index (χ3v) is 2.29. The van der Waals surface area contributed by atoms with Crippen LogP contribution >= 0.6 is 0 Å². The third kappa shape index (κ3) is 2.11. The Morgan fingerprint density at radius 2 is 2.25 bits per heavy atom. The molecule has 0 aliphatic carbocycles. The number of aromatic nitrogens is 2. The van der Waals surface area contributed by atoms with Crippen molar-refractivity contribution in [3.63, 3.8) is 0 Å². The molecule has 0 spiro atoms. The molecule has 0 aliphatic rings. The molecule has 1 aromatic heterocycles. The number of rotatable bonds is 3. The van der Waals surface area contributed by atoms with Crippen molar-refractivity contribution >= 4 is 5.78 Å². The average molecular weight is 216 g/mol. The number of imidazole rings is 1. The Morgan fingerprint density at radius 3 is 2.88 bits per heavy atom. The van der Waals surface area contributed by atoms with Gasteiger partial charge >= 0.3 is 5.69 Å². The molecule has 82 valence electrons. The zero-order valence-electron chi connectivity index (χ0n) is 8.93. The van der Waals surface area contributed by atoms with Crippen LogP contribution in [0.4, 0.5) is 0 Å². The predicted molar refractivity (Wildman–Crippen MR) is 60.8 cm³/mol. The van der Waals surface area contributed by atoms with Crippen LogP contribution in [0.1, 0.15) is 12.5 Å². The molecule has 0 saturated heterocycles. The van der Waals surface area contributed by atoms with Crippen LogP contribution in [0.3, 0.4) is 0 Å². The second-order valence-corrected chi connectivity index (χ2v) is 3.68. The molecular weight excluding hydrogens is 204 g/mol. The van der Waals surface area contributed by atoms with E-state index < -0.39 is 0 Å². The van der Waals surface area contributed by atoms with Gasteiger partial charge in [0.15, 0.2) is 0 Å². The van der Waals surface area contributed by atoms with E-state index in [2.05, 4.69) is 4.98 Å². The third-order valence-electron chi connectivity index (χ3n) is 2.29. The summed E-state index contributed by atoms with van der Waals surface area (Å²) in [6, 6.07) is 7.39. The Hall–Kier alpha value is -2.10. The maximum Gasteiger partial charge on any atom is 0.330 e. The molecule has 0 fully saturated rings. The van der Waals surface area contributed by atoms with E-state index in [1.54, 1.807) is 19.3 Å². The number of nitrogens with zero attached hydrogens (tertiary/aromatic N) is 1. The van der Waals surface area contributed by atoms with Crippen molar-refractivity contribution in [2.45, 2.75) is 13.3 Å². The van der Waals surface area contributed by atoms with E-state index in [0.717, 1.165) is 11.3 Å². The summed E-state index contributed by atoms with van der Waals surface area (Å²) in [5.74, 6) is 0.110. The number of benzene rings is 1. The number of H-pyrrole nitrogens is 1. The first-order chi connectivity index (χ1) is 7.66. The van der Waals surface area contributed by atoms with E-state index in [4.69, 9.17) is 0 Å². The molecule has 1 heterocycles. The minimum absolute atomic E-state index is 0.110. The first-order valence-electron chi connectivity index (χ1n) is 5.01. The molecule has 2 aromatic rings. The zero-order chi connectivity index (χ0) is 11.5. The van der Waals surface area contributed by atoms with Crippen LogP contribution in [-0.2, 0) is 11.2 Å². The first kappa shape index (κ1) is 10.4. The fourth-order valence-electron chi connectivity index (χ4n) is 1.63. The predicted octanol–water partition coefficient (Wildman–Crippen LogP) is 1.30. The molecule has 0 atom stereocenters. The van der Waals surface area contributed by atoms with Crippen LogP contribution < -0.4 is 5.69 Å². The van der Waals surface area contributed by atoms with Gasteiger partial charge in [-0.15, -0.1) is 0 Å². The second-order valence-electron chi connectivity index (χ2n) is 3.68. The minimum Gasteiger partial charge on any atom is -0.312 e. The lowest BCUT2D eigenvalue weighted by molar-refractivity contribution is -0.116. The Bertz CT molecular complexity index is 566. The SMILES string of the molecule is CC(=O)Cc1cccc(-n2cc[nH]c2=O)c1. The van der Waals surface area contributed by atoms with Gasteiger partial charge in [-0.25, -0.2) is 4.79 Å². The molecule has 0 aliphatic heterocycles. The van der Waals surface area contributed by atoms with Gasteiger partial charge in [-0.2, -0.15) is 0 Å². The molecule has 1 N–H and O–H groups in total. The Morgan fingerprint density at radius 1 is 1.44 bits per heavy atom. The smallest absolute Gasteiger partial charge is 0.312 e. The van der Waals surface area contributed by atoms with Crippen molar-refractivity contribution in [2.75, 3.05) is 0 Å². The van der Waals surface area contributed by atoms with Gasteiger partial charge in [0.2, 0.25) is 0 Å². The molecular formula is C12H12N2O2. The first-order valence-corrected chi connectivity index (χ1v) is 5.01. The molecule has 2 rings (SSSR count). The fourth-order valence-corrected chi connectivity index (χ4v) is 1.63. The van der Waals surface area contributed by atoms with Crippen LogP contribution in [0.2, 0.25) is 0 Å². The molecule has 0 unspecified atom stereocenters. The average Bonchev–Trinajstić information content (AvgIpc) is 2.64. The van der Waals surface area contributed by atoms with Crippen molar-refractivity contribution in [3.05, 3.63) is 52.7 Å². The number of aromatic amines is 1. The van der Waals surface area contributed by atoms with E-state index in [-0.39, 0.29) is 11.5 Å². The molecule has 0 radical (unpaired) electrons. The number of carbonyl (C=O) groups is 1. The number of Topliss-reactive ketones (excluding diaryl/α,β-unsaturated/α-hetero) is 1. The largest absolute Gasteiger partial charge is 0.330 e. The van der Waals surface area contributed by atoms with E-state index in [1.165, 1.54) is 4.57 Å². The Balaban J connectivity index is 2.40. The standard InChI is InChI=1S/C12H12N2O2/c1-9(15)7-10-3-2-4-11(8-10)14-6-5-13-12(14)16/h2-6,8H,7H2,1H3,(H,13,16). The monoisotopic (exact) mass is 216 g/mol. The minimum atomic E-state index is -0.181. The van der Waals surface area contributed by atoms with Gasteiger partial charge in [0.1, 0.15) is 5.78 Å². The lowest BCUT2D eigenvalue weighted by Crippen LogP contribution is -2.14. The Labute approximate surface area is 92.5 Å². The van der Waals surface area contributed by atoms with Crippen molar-refractivity contribution in [1.82, 2.24) is 9.55 Å². The van der Waals surface area contributed by atoms with Crippen LogP contribution in [-0.4, -0.2) is 15.3 Å². The second kappa shape index (κ2) is 4.18. The number of hydrogen-bond donors (Lipinski definition) is 1. The van der Waals surface area contributed by atoms with E-state index in [9.17, 15) is 9.59 Å². The highest BCUT2D eigenvalue weighted by Gasteiger charge is 2.02. The van der Waals surface area contributed by atoms with Gasteiger partial charge in [-0.3, -0.25) is 9.36 Å². The van der Waals surface area contributed by atoms with Crippen LogP contribution in [0.5, 0.6) is 0 Å². The Kier molecular flexibility index (Phi) is 2.72. The molecule has 16 heavy (non-hydrogen) atoms. The van der Waals surface area contributed by atoms with E-state index >= 15 is 0 Å². The summed E-state index contributed by atoms with van der Waals surface area (Å²) >= 11 is 0. The number of nitrogens with one attached hydrogen (secondary N) is 1. The van der Waals surface area contributed by atoms with Gasteiger partial charge in [-0.05, 0) is 24.6 Å². The molecule has 0 saturated carbocycles. The summed E-state index contributed by atoms with van der Waals surface area (Å²) in [5.41, 5.74) is 1.50. The molecule has 0 amide bonds. The van der Waals surface area contributed by atoms with Crippen LogP contribution in [0.25, 0.3) is 5.69 Å². The molecule has 0 bridgehead atoms. The molecule has 4 nitrogen and oxygen atoms in total. The summed E-state index contributed by atoms with van der Waals surface area (Å²) in [4.78, 5) is 25.0. The van der Waals surface area contributed by atoms with Gasteiger partial charge in [-0.1, -0.05) is 12.1 Å². The summed E-state index contributed by atoms with van der Waals surface area (Å²) in [6.07, 6.45) is 3.64. The van der Waals surface area contributed by atoms with Gasteiger partial charge in [0, 0.05) is 18.8 Å². The highest BCUT2D eigenvalue weighted by molar-refractivity contribution is 5.78. The summed E-state index contributed by atoms with van der Waals surface area (Å²) in [6.45, 7) is 1.55. The summed E-state index contributed by atoms with van der Waals surface area (Å²) in [5, 5.41) is 0. The maximum absolute atomic E-state index is 11.4. The van der Waals surface area contributed by atoms with Gasteiger partial charge < -0.3 is 4.98 Å². The maximum atomic E-state index is 11.4. The fraction of sp³-hybridized carbons (Fsp3) is 0.167. The van der Waals surface area contributed by atoms with Crippen LogP contribution in [0, 0.1) is 0 Å². The number of ketones is 1. The highest BCUT2D eigenvalue weighted by atomic mass is 16.1. The van der Waals surface area contributed by atoms with Crippen molar-refractivity contribution in [1.29, 1.82) is 0 Å². The van der Waals surface area contributed by atoms with Crippen molar-refractivity contribution < 1.29 is 4.79 Å². The quantitative estimate of drug-likeness (QED) is 0.840. The zero-order valence-corrected chi connectivity index (χ0v) is 8.93. The molecule has 4 heteroatoms. The summed E-state index contributed by atoms with van der Waals surface area (Å²) < 4.78 is 1.50. The van der Waals surface area contributed by atoms with Gasteiger partial charge in [0.25, 0.3) is 0 Å². The topological polar surface area (TPSA) is 54.9 Å². The normalized spacial score (nSPS) is 10.3. The summed E-state index contributed by atoms with van der Waals surface area (Å²) in [7, 11) is 0. The van der Waals surface area contributed by atoms with Crippen LogP contribution in [0.15, 0.2) is 41.5 Å². The van der Waals surface area contributed by atoms with Gasteiger partial charge in [0.05, 0.1) is 5.69 Å². The molecule has 1 aromatic carbocycles. The lowest BCUT2D eigenvalue weighted by atomic mass is 10.1.